The van der Waals surface area contributed by atoms with Gasteiger partial charge in [-0.05, 0) is 49.4 Å². The van der Waals surface area contributed by atoms with Crippen LogP contribution in [0.1, 0.15) is 17.3 Å². The Morgan fingerprint density at radius 1 is 1.12 bits per heavy atom. The van der Waals surface area contributed by atoms with Gasteiger partial charge in [-0.1, -0.05) is 15.9 Å². The van der Waals surface area contributed by atoms with Gasteiger partial charge in [0.05, 0.1) is 5.56 Å². The van der Waals surface area contributed by atoms with E-state index >= 15 is 0 Å². The lowest BCUT2D eigenvalue weighted by Gasteiger charge is -2.13. The molecule has 1 N–H and O–H groups in total. The molecule has 3 rings (SSSR count). The Morgan fingerprint density at radius 2 is 1.83 bits per heavy atom. The smallest absolute Gasteiger partial charge is 0.339 e. The zero-order chi connectivity index (χ0) is 17.1. The van der Waals surface area contributed by atoms with Crippen molar-refractivity contribution in [3.63, 3.8) is 0 Å². The van der Waals surface area contributed by atoms with Crippen molar-refractivity contribution in [1.82, 2.24) is 0 Å². The van der Waals surface area contributed by atoms with E-state index in [0.29, 0.717) is 22.7 Å². The molecule has 1 heterocycles. The minimum Gasteiger partial charge on any atom is -0.454 e. The van der Waals surface area contributed by atoms with Crippen LogP contribution in [0.2, 0.25) is 0 Å². The van der Waals surface area contributed by atoms with Crippen LogP contribution >= 0.6 is 15.9 Å². The van der Waals surface area contributed by atoms with Gasteiger partial charge < -0.3 is 19.5 Å². The number of amides is 1. The van der Waals surface area contributed by atoms with Crippen LogP contribution in [0.15, 0.2) is 46.9 Å². The number of esters is 1. The van der Waals surface area contributed by atoms with Crippen LogP contribution in [-0.2, 0) is 9.53 Å². The van der Waals surface area contributed by atoms with Crippen LogP contribution < -0.4 is 14.8 Å². The minimum absolute atomic E-state index is 0.125. The number of carbonyl (C=O) groups excluding carboxylic acids is 2. The van der Waals surface area contributed by atoms with Gasteiger partial charge in [-0.2, -0.15) is 0 Å². The van der Waals surface area contributed by atoms with E-state index in [1.165, 1.54) is 13.0 Å². The van der Waals surface area contributed by atoms with Crippen molar-refractivity contribution in [2.24, 2.45) is 0 Å². The second-order valence-corrected chi connectivity index (χ2v) is 6.03. The maximum Gasteiger partial charge on any atom is 0.339 e. The summed E-state index contributed by atoms with van der Waals surface area (Å²) in [6.07, 6.45) is -0.938. The number of rotatable bonds is 4. The maximum atomic E-state index is 12.2. The fraction of sp³-hybridized carbons (Fsp3) is 0.176. The largest absolute Gasteiger partial charge is 0.454 e. The molecule has 1 aliphatic rings. The Morgan fingerprint density at radius 3 is 2.58 bits per heavy atom. The second kappa shape index (κ2) is 6.92. The van der Waals surface area contributed by atoms with Crippen LogP contribution in [0.4, 0.5) is 5.69 Å². The van der Waals surface area contributed by atoms with Crippen LogP contribution in [0.3, 0.4) is 0 Å². The Labute approximate surface area is 146 Å². The zero-order valence-electron chi connectivity index (χ0n) is 12.7. The van der Waals surface area contributed by atoms with Gasteiger partial charge in [0, 0.05) is 10.2 Å². The van der Waals surface area contributed by atoms with Gasteiger partial charge in [0.25, 0.3) is 5.91 Å². The molecule has 0 saturated carbocycles. The molecule has 0 radical (unpaired) electrons. The molecule has 24 heavy (non-hydrogen) atoms. The highest BCUT2D eigenvalue weighted by Crippen LogP contribution is 2.32. The first-order chi connectivity index (χ1) is 11.5. The fourth-order valence-electron chi connectivity index (χ4n) is 2.08. The van der Waals surface area contributed by atoms with Crippen LogP contribution in [-0.4, -0.2) is 24.8 Å². The van der Waals surface area contributed by atoms with E-state index in [4.69, 9.17) is 14.2 Å². The number of ether oxygens (including phenoxy) is 3. The molecular formula is C17H14BrNO5. The highest BCUT2D eigenvalue weighted by molar-refractivity contribution is 9.10. The third kappa shape index (κ3) is 3.68. The van der Waals surface area contributed by atoms with Crippen molar-refractivity contribution >= 4 is 33.5 Å². The van der Waals surface area contributed by atoms with Crippen molar-refractivity contribution in [2.45, 2.75) is 13.0 Å². The molecule has 1 atom stereocenters. The summed E-state index contributed by atoms with van der Waals surface area (Å²) in [6.45, 7) is 1.64. The second-order valence-electron chi connectivity index (χ2n) is 5.11. The van der Waals surface area contributed by atoms with E-state index in [1.54, 1.807) is 36.4 Å². The van der Waals surface area contributed by atoms with Gasteiger partial charge >= 0.3 is 5.97 Å². The molecule has 124 valence electrons. The Bertz CT molecular complexity index is 775. The van der Waals surface area contributed by atoms with E-state index in [0.717, 1.165) is 4.47 Å². The third-order valence-electron chi connectivity index (χ3n) is 3.37. The zero-order valence-corrected chi connectivity index (χ0v) is 14.3. The summed E-state index contributed by atoms with van der Waals surface area (Å²) in [4.78, 5) is 24.3. The van der Waals surface area contributed by atoms with E-state index < -0.39 is 18.0 Å². The Balaban J connectivity index is 1.61. The molecule has 0 fully saturated rings. The molecular weight excluding hydrogens is 378 g/mol. The number of hydrogen-bond donors (Lipinski definition) is 1. The number of carbonyl (C=O) groups is 2. The predicted molar refractivity (Wildman–Crippen MR) is 90.2 cm³/mol. The molecule has 2 aromatic rings. The maximum absolute atomic E-state index is 12.2. The molecule has 0 aromatic heterocycles. The lowest BCUT2D eigenvalue weighted by atomic mass is 10.2. The normalized spacial score (nSPS) is 13.2. The van der Waals surface area contributed by atoms with Gasteiger partial charge in [0.2, 0.25) is 6.79 Å². The average molecular weight is 392 g/mol. The summed E-state index contributed by atoms with van der Waals surface area (Å²) >= 11 is 3.32. The molecule has 0 bridgehead atoms. The van der Waals surface area contributed by atoms with Crippen LogP contribution in [0.5, 0.6) is 11.5 Å². The predicted octanol–water partition coefficient (Wildman–Crippen LogP) is 3.36. The molecule has 0 aliphatic carbocycles. The monoisotopic (exact) mass is 391 g/mol. The van der Waals surface area contributed by atoms with Gasteiger partial charge in [0.1, 0.15) is 0 Å². The van der Waals surface area contributed by atoms with Gasteiger partial charge in [0.15, 0.2) is 17.6 Å². The highest BCUT2D eigenvalue weighted by atomic mass is 79.9. The van der Waals surface area contributed by atoms with Crippen molar-refractivity contribution in [2.75, 3.05) is 12.1 Å². The minimum atomic E-state index is -0.938. The molecule has 0 unspecified atom stereocenters. The number of halogens is 1. The van der Waals surface area contributed by atoms with E-state index in [-0.39, 0.29) is 6.79 Å². The summed E-state index contributed by atoms with van der Waals surface area (Å²) in [5, 5.41) is 2.69. The molecule has 0 saturated heterocycles. The van der Waals surface area contributed by atoms with E-state index in [1.807, 2.05) is 0 Å². The first kappa shape index (κ1) is 16.3. The highest BCUT2D eigenvalue weighted by Gasteiger charge is 2.21. The van der Waals surface area contributed by atoms with Crippen molar-refractivity contribution in [1.29, 1.82) is 0 Å². The first-order valence-electron chi connectivity index (χ1n) is 7.20. The molecule has 1 amide bonds. The number of benzene rings is 2. The standard InChI is InChI=1S/C17H14BrNO5/c1-10(16(20)19-13-5-3-12(18)4-6-13)24-17(21)11-2-7-14-15(8-11)23-9-22-14/h2-8,10H,9H2,1H3,(H,19,20)/t10-/m0/s1. The van der Waals surface area contributed by atoms with Crippen molar-refractivity contribution in [3.05, 3.63) is 52.5 Å². The molecule has 1 aliphatic heterocycles. The fourth-order valence-corrected chi connectivity index (χ4v) is 2.35. The lowest BCUT2D eigenvalue weighted by Crippen LogP contribution is -2.29. The molecule has 6 nitrogen and oxygen atoms in total. The lowest BCUT2D eigenvalue weighted by molar-refractivity contribution is -0.123. The number of hydrogen-bond acceptors (Lipinski definition) is 5. The van der Waals surface area contributed by atoms with Crippen LogP contribution in [0, 0.1) is 0 Å². The summed E-state index contributed by atoms with van der Waals surface area (Å²) in [5.74, 6) is 0.0437. The van der Waals surface area contributed by atoms with Gasteiger partial charge in [-0.3, -0.25) is 4.79 Å². The van der Waals surface area contributed by atoms with Crippen molar-refractivity contribution < 1.29 is 23.8 Å². The van der Waals surface area contributed by atoms with Crippen LogP contribution in [0.25, 0.3) is 0 Å². The summed E-state index contributed by atoms with van der Waals surface area (Å²) in [5.41, 5.74) is 0.914. The molecule has 0 spiro atoms. The summed E-state index contributed by atoms with van der Waals surface area (Å²) in [7, 11) is 0. The summed E-state index contributed by atoms with van der Waals surface area (Å²) in [6, 6.07) is 11.8. The topological polar surface area (TPSA) is 73.9 Å². The SMILES string of the molecule is C[C@H](OC(=O)c1ccc2c(c1)OCO2)C(=O)Nc1ccc(Br)cc1. The quantitative estimate of drug-likeness (QED) is 0.808. The Hall–Kier alpha value is -2.54. The molecule has 7 heteroatoms. The van der Waals surface area contributed by atoms with E-state index in [2.05, 4.69) is 21.2 Å². The number of anilines is 1. The summed E-state index contributed by atoms with van der Waals surface area (Å²) < 4.78 is 16.5. The number of fused-ring (bicyclic) bond motifs is 1. The average Bonchev–Trinajstić information content (AvgIpc) is 3.04. The number of nitrogens with one attached hydrogen (secondary N) is 1. The third-order valence-corrected chi connectivity index (χ3v) is 3.90. The molecule has 2 aromatic carbocycles. The first-order valence-corrected chi connectivity index (χ1v) is 7.99. The van der Waals surface area contributed by atoms with E-state index in [9.17, 15) is 9.59 Å². The van der Waals surface area contributed by atoms with Crippen molar-refractivity contribution in [3.8, 4) is 11.5 Å². The van der Waals surface area contributed by atoms with Gasteiger partial charge in [-0.25, -0.2) is 4.79 Å². The van der Waals surface area contributed by atoms with Gasteiger partial charge in [-0.15, -0.1) is 0 Å². The Kier molecular flexibility index (Phi) is 4.71.